The number of anilines is 1. The highest BCUT2D eigenvalue weighted by Gasteiger charge is 2.15. The molecule has 0 bridgehead atoms. The van der Waals surface area contributed by atoms with Crippen molar-refractivity contribution in [2.45, 2.75) is 45.7 Å². The van der Waals surface area contributed by atoms with Crippen LogP contribution in [0.15, 0.2) is 18.3 Å². The molecule has 0 aliphatic carbocycles. The van der Waals surface area contributed by atoms with Gasteiger partial charge in [-0.05, 0) is 46.2 Å². The number of nitrogens with one attached hydrogen (secondary N) is 1. The quantitative estimate of drug-likeness (QED) is 0.783. The Morgan fingerprint density at radius 2 is 1.73 bits per heavy atom. The van der Waals surface area contributed by atoms with E-state index in [0.29, 0.717) is 0 Å². The van der Waals surface area contributed by atoms with E-state index < -0.39 is 0 Å². The van der Waals surface area contributed by atoms with Crippen LogP contribution in [0.4, 0.5) is 5.82 Å². The molecule has 1 rings (SSSR count). The Hall–Kier alpha value is -1.09. The molecule has 3 nitrogen and oxygen atoms in total. The first-order valence-corrected chi connectivity index (χ1v) is 5.22. The predicted octanol–water partition coefficient (Wildman–Crippen LogP) is 2.49. The van der Waals surface area contributed by atoms with E-state index in [9.17, 15) is 0 Å². The highest BCUT2D eigenvalue weighted by molar-refractivity contribution is 5.39. The van der Waals surface area contributed by atoms with Gasteiger partial charge in [0, 0.05) is 17.3 Å². The van der Waals surface area contributed by atoms with Gasteiger partial charge < -0.3 is 11.1 Å². The number of hydrogen-bond donors (Lipinski definition) is 2. The van der Waals surface area contributed by atoms with Gasteiger partial charge in [0.1, 0.15) is 5.82 Å². The monoisotopic (exact) mass is 207 g/mol. The van der Waals surface area contributed by atoms with Crippen molar-refractivity contribution in [3.8, 4) is 0 Å². The van der Waals surface area contributed by atoms with Crippen LogP contribution in [0.1, 0.15) is 40.2 Å². The summed E-state index contributed by atoms with van der Waals surface area (Å²) in [7, 11) is 0. The average Bonchev–Trinajstić information content (AvgIpc) is 2.00. The van der Waals surface area contributed by atoms with Crippen LogP contribution in [0.2, 0.25) is 0 Å². The van der Waals surface area contributed by atoms with Crippen molar-refractivity contribution in [1.82, 2.24) is 4.98 Å². The summed E-state index contributed by atoms with van der Waals surface area (Å²) in [4.78, 5) is 4.34. The third kappa shape index (κ3) is 3.88. The van der Waals surface area contributed by atoms with Crippen molar-refractivity contribution < 1.29 is 0 Å². The number of hydrogen-bond acceptors (Lipinski definition) is 3. The lowest BCUT2D eigenvalue weighted by atomic mass is 9.98. The van der Waals surface area contributed by atoms with Gasteiger partial charge in [-0.3, -0.25) is 0 Å². The van der Waals surface area contributed by atoms with E-state index in [2.05, 4.69) is 31.1 Å². The standard InChI is InChI=1S/C12H21N3/c1-11(2,3)15-10-7-6-9(8-14-10)12(4,5)13/h6-8H,13H2,1-5H3,(H,14,15). The summed E-state index contributed by atoms with van der Waals surface area (Å²) in [5.74, 6) is 0.885. The smallest absolute Gasteiger partial charge is 0.126 e. The number of rotatable bonds is 2. The van der Waals surface area contributed by atoms with E-state index in [-0.39, 0.29) is 11.1 Å². The highest BCUT2D eigenvalue weighted by atomic mass is 15.0. The van der Waals surface area contributed by atoms with Crippen molar-refractivity contribution >= 4 is 5.82 Å². The minimum atomic E-state index is -0.326. The van der Waals surface area contributed by atoms with Crippen LogP contribution in [-0.4, -0.2) is 10.5 Å². The van der Waals surface area contributed by atoms with E-state index in [1.807, 2.05) is 32.2 Å². The zero-order valence-corrected chi connectivity index (χ0v) is 10.3. The molecule has 0 spiro atoms. The highest BCUT2D eigenvalue weighted by Crippen LogP contribution is 2.18. The Kier molecular flexibility index (Phi) is 3.05. The number of pyridine rings is 1. The second-order valence-electron chi connectivity index (χ2n) is 5.53. The number of nitrogens with two attached hydrogens (primary N) is 1. The van der Waals surface area contributed by atoms with E-state index in [1.54, 1.807) is 0 Å². The molecule has 1 aromatic heterocycles. The van der Waals surface area contributed by atoms with Crippen molar-refractivity contribution in [3.05, 3.63) is 23.9 Å². The maximum Gasteiger partial charge on any atom is 0.126 e. The second-order valence-corrected chi connectivity index (χ2v) is 5.53. The first kappa shape index (κ1) is 12.0. The van der Waals surface area contributed by atoms with Crippen LogP contribution in [0.3, 0.4) is 0 Å². The van der Waals surface area contributed by atoms with Gasteiger partial charge in [0.25, 0.3) is 0 Å². The van der Waals surface area contributed by atoms with Crippen LogP contribution < -0.4 is 11.1 Å². The molecule has 3 N–H and O–H groups in total. The van der Waals surface area contributed by atoms with Crippen molar-refractivity contribution in [2.24, 2.45) is 5.73 Å². The predicted molar refractivity (Wildman–Crippen MR) is 64.8 cm³/mol. The van der Waals surface area contributed by atoms with Gasteiger partial charge in [0.05, 0.1) is 0 Å². The zero-order chi connectivity index (χ0) is 11.7. The van der Waals surface area contributed by atoms with E-state index in [1.165, 1.54) is 0 Å². The van der Waals surface area contributed by atoms with E-state index in [0.717, 1.165) is 11.4 Å². The van der Waals surface area contributed by atoms with E-state index in [4.69, 9.17) is 5.73 Å². The largest absolute Gasteiger partial charge is 0.365 e. The summed E-state index contributed by atoms with van der Waals surface area (Å²) >= 11 is 0. The minimum absolute atomic E-state index is 0.0345. The molecule has 1 heterocycles. The van der Waals surface area contributed by atoms with Crippen LogP contribution in [0.25, 0.3) is 0 Å². The van der Waals surface area contributed by atoms with Gasteiger partial charge in [-0.15, -0.1) is 0 Å². The van der Waals surface area contributed by atoms with Gasteiger partial charge in [-0.25, -0.2) is 4.98 Å². The molecule has 0 aliphatic rings. The molecule has 0 radical (unpaired) electrons. The molecule has 0 fully saturated rings. The second kappa shape index (κ2) is 3.81. The molecule has 84 valence electrons. The topological polar surface area (TPSA) is 50.9 Å². The number of nitrogens with zero attached hydrogens (tertiary/aromatic N) is 1. The lowest BCUT2D eigenvalue weighted by Crippen LogP contribution is -2.29. The zero-order valence-electron chi connectivity index (χ0n) is 10.3. The lowest BCUT2D eigenvalue weighted by molar-refractivity contribution is 0.552. The molecule has 0 saturated heterocycles. The molecule has 0 aliphatic heterocycles. The summed E-state index contributed by atoms with van der Waals surface area (Å²) in [6.07, 6.45) is 1.83. The fourth-order valence-corrected chi connectivity index (χ4v) is 1.23. The SMILES string of the molecule is CC(C)(C)Nc1ccc(C(C)(C)N)cn1. The molecular formula is C12H21N3. The van der Waals surface area contributed by atoms with Gasteiger partial charge in [-0.1, -0.05) is 6.07 Å². The molecule has 0 saturated carbocycles. The fourth-order valence-electron chi connectivity index (χ4n) is 1.23. The van der Waals surface area contributed by atoms with Crippen LogP contribution >= 0.6 is 0 Å². The van der Waals surface area contributed by atoms with E-state index >= 15 is 0 Å². The molecule has 15 heavy (non-hydrogen) atoms. The number of aromatic nitrogens is 1. The van der Waals surface area contributed by atoms with Gasteiger partial charge in [-0.2, -0.15) is 0 Å². The molecule has 1 aromatic rings. The summed E-state index contributed by atoms with van der Waals surface area (Å²) in [5, 5.41) is 3.31. The Labute approximate surface area is 92.1 Å². The van der Waals surface area contributed by atoms with Crippen LogP contribution in [0, 0.1) is 0 Å². The summed E-state index contributed by atoms with van der Waals surface area (Å²) in [6, 6.07) is 3.98. The van der Waals surface area contributed by atoms with Crippen LogP contribution in [-0.2, 0) is 5.54 Å². The van der Waals surface area contributed by atoms with Crippen molar-refractivity contribution in [2.75, 3.05) is 5.32 Å². The van der Waals surface area contributed by atoms with Crippen molar-refractivity contribution in [3.63, 3.8) is 0 Å². The van der Waals surface area contributed by atoms with Gasteiger partial charge in [0.15, 0.2) is 0 Å². The maximum absolute atomic E-state index is 5.97. The Balaban J connectivity index is 2.82. The Morgan fingerprint density at radius 1 is 1.13 bits per heavy atom. The molecule has 0 atom stereocenters. The molecule has 0 amide bonds. The minimum Gasteiger partial charge on any atom is -0.365 e. The van der Waals surface area contributed by atoms with Gasteiger partial charge >= 0.3 is 0 Å². The fraction of sp³-hybridized carbons (Fsp3) is 0.583. The molecule has 3 heteroatoms. The third-order valence-corrected chi connectivity index (χ3v) is 2.01. The normalized spacial score (nSPS) is 12.7. The first-order valence-electron chi connectivity index (χ1n) is 5.22. The maximum atomic E-state index is 5.97. The summed E-state index contributed by atoms with van der Waals surface area (Å²) < 4.78 is 0. The van der Waals surface area contributed by atoms with Gasteiger partial charge in [0.2, 0.25) is 0 Å². The lowest BCUT2D eigenvalue weighted by Gasteiger charge is -2.23. The average molecular weight is 207 g/mol. The Morgan fingerprint density at radius 3 is 2.07 bits per heavy atom. The first-order chi connectivity index (χ1) is 6.68. The third-order valence-electron chi connectivity index (χ3n) is 2.01. The Bertz CT molecular complexity index is 314. The van der Waals surface area contributed by atoms with Crippen LogP contribution in [0.5, 0.6) is 0 Å². The summed E-state index contributed by atoms with van der Waals surface area (Å²) in [5.41, 5.74) is 6.73. The molecule has 0 aromatic carbocycles. The summed E-state index contributed by atoms with van der Waals surface area (Å²) in [6.45, 7) is 10.3. The molecular weight excluding hydrogens is 186 g/mol. The molecule has 0 unspecified atom stereocenters. The van der Waals surface area contributed by atoms with Crippen molar-refractivity contribution in [1.29, 1.82) is 0 Å².